The summed E-state index contributed by atoms with van der Waals surface area (Å²) in [5.74, 6) is -1.09. The number of nitro groups is 1. The number of carbonyl (C=O) groups excluding carboxylic acids is 2. The highest BCUT2D eigenvalue weighted by Gasteiger charge is 2.39. The van der Waals surface area contributed by atoms with E-state index in [0.717, 1.165) is 10.3 Å². The molecule has 9 heteroatoms. The smallest absolute Gasteiger partial charge is 0.366 e. The Bertz CT molecular complexity index is 1070. The number of hydrogen-bond donors (Lipinski definition) is 0. The normalized spacial score (nSPS) is 16.0. The zero-order valence-corrected chi connectivity index (χ0v) is 14.8. The topological polar surface area (TPSA) is 116 Å². The molecule has 2 aromatic heterocycles. The van der Waals surface area contributed by atoms with E-state index < -0.39 is 28.5 Å². The number of amides is 1. The third-order valence-corrected chi connectivity index (χ3v) is 4.45. The summed E-state index contributed by atoms with van der Waals surface area (Å²) in [5, 5.41) is 11.8. The van der Waals surface area contributed by atoms with Crippen molar-refractivity contribution >= 4 is 34.3 Å². The molecule has 0 fully saturated rings. The molecule has 1 aliphatic heterocycles. The zero-order chi connectivity index (χ0) is 19.8. The number of anilines is 1. The second kappa shape index (κ2) is 6.76. The number of rotatable bonds is 5. The quantitative estimate of drug-likeness (QED) is 0.379. The summed E-state index contributed by atoms with van der Waals surface area (Å²) in [6, 6.07) is 11.3. The lowest BCUT2D eigenvalue weighted by Gasteiger charge is -2.30. The minimum absolute atomic E-state index is 0.0478. The highest BCUT2D eigenvalue weighted by molar-refractivity contribution is 6.07. The van der Waals surface area contributed by atoms with Gasteiger partial charge in [-0.15, -0.1) is 0 Å². The molecule has 1 aromatic carbocycles. The minimum atomic E-state index is -0.792. The lowest BCUT2D eigenvalue weighted by molar-refractivity contribution is -0.389. The van der Waals surface area contributed by atoms with E-state index in [1.54, 1.807) is 25.1 Å². The monoisotopic (exact) mass is 381 g/mol. The maximum Gasteiger partial charge on any atom is 0.366 e. The second-order valence-electron chi connectivity index (χ2n) is 6.26. The number of benzene rings is 1. The molecule has 3 aromatic rings. The van der Waals surface area contributed by atoms with E-state index in [4.69, 9.17) is 9.15 Å². The summed E-state index contributed by atoms with van der Waals surface area (Å²) in [5.41, 5.74) is 0.555. The van der Waals surface area contributed by atoms with Gasteiger partial charge in [-0.3, -0.25) is 14.5 Å². The highest BCUT2D eigenvalue weighted by atomic mass is 16.6. The number of hydrogen-bond acceptors (Lipinski definition) is 7. The first-order valence-electron chi connectivity index (χ1n) is 8.63. The van der Waals surface area contributed by atoms with Crippen molar-refractivity contribution in [3.8, 4) is 5.75 Å². The first kappa shape index (κ1) is 17.7. The van der Waals surface area contributed by atoms with Gasteiger partial charge in [-0.05, 0) is 34.5 Å². The van der Waals surface area contributed by atoms with E-state index in [9.17, 15) is 19.7 Å². The van der Waals surface area contributed by atoms with Gasteiger partial charge in [0.25, 0.3) is 11.7 Å². The predicted molar refractivity (Wildman–Crippen MR) is 98.5 cm³/mol. The molecule has 0 N–H and O–H groups in total. The van der Waals surface area contributed by atoms with Crippen molar-refractivity contribution in [1.82, 2.24) is 4.98 Å². The van der Waals surface area contributed by atoms with E-state index in [0.29, 0.717) is 12.0 Å². The molecule has 1 aliphatic rings. The van der Waals surface area contributed by atoms with E-state index in [-0.39, 0.29) is 23.9 Å². The molecule has 142 valence electrons. The van der Waals surface area contributed by atoms with Crippen molar-refractivity contribution in [2.45, 2.75) is 19.4 Å². The van der Waals surface area contributed by atoms with Gasteiger partial charge in [0, 0.05) is 11.5 Å². The zero-order valence-electron chi connectivity index (χ0n) is 14.8. The molecule has 28 heavy (non-hydrogen) atoms. The summed E-state index contributed by atoms with van der Waals surface area (Å²) in [7, 11) is 0. The number of ether oxygens (including phenoxy) is 1. The molecule has 0 spiro atoms. The Morgan fingerprint density at radius 3 is 2.79 bits per heavy atom. The number of aromatic nitrogens is 1. The average Bonchev–Trinajstić information content (AvgIpc) is 3.13. The average molecular weight is 381 g/mol. The Kier molecular flexibility index (Phi) is 4.26. The van der Waals surface area contributed by atoms with E-state index in [1.165, 1.54) is 12.1 Å². The van der Waals surface area contributed by atoms with Crippen molar-refractivity contribution in [3.63, 3.8) is 0 Å². The van der Waals surface area contributed by atoms with Crippen LogP contribution in [0.1, 0.15) is 23.9 Å². The second-order valence-corrected chi connectivity index (χ2v) is 6.26. The van der Waals surface area contributed by atoms with Gasteiger partial charge in [-0.2, -0.15) is 0 Å². The van der Waals surface area contributed by atoms with Gasteiger partial charge >= 0.3 is 5.82 Å². The number of nitrogens with zero attached hydrogens (tertiary/aromatic N) is 3. The lowest BCUT2D eigenvalue weighted by atomic mass is 10.1. The van der Waals surface area contributed by atoms with E-state index in [1.807, 2.05) is 12.1 Å². The Balaban J connectivity index is 1.70. The Labute approximate surface area is 158 Å². The van der Waals surface area contributed by atoms with Gasteiger partial charge in [0.15, 0.2) is 17.6 Å². The molecular formula is C19H15N3O6. The van der Waals surface area contributed by atoms with Gasteiger partial charge in [0.05, 0.1) is 6.54 Å². The van der Waals surface area contributed by atoms with Crippen molar-refractivity contribution in [3.05, 3.63) is 58.3 Å². The van der Waals surface area contributed by atoms with Crippen LogP contribution >= 0.6 is 0 Å². The SMILES string of the molecule is CCC1Oc2ccc([N+](=O)[O-])nc2N(CC(=O)c2cc3ccccc3o2)C1=O. The van der Waals surface area contributed by atoms with Crippen LogP contribution in [0.2, 0.25) is 0 Å². The largest absolute Gasteiger partial charge is 0.474 e. The van der Waals surface area contributed by atoms with Crippen LogP contribution in [0.4, 0.5) is 11.6 Å². The van der Waals surface area contributed by atoms with Crippen LogP contribution in [0.3, 0.4) is 0 Å². The van der Waals surface area contributed by atoms with Crippen molar-refractivity contribution < 1.29 is 23.7 Å². The fourth-order valence-electron chi connectivity index (χ4n) is 3.05. The van der Waals surface area contributed by atoms with Gasteiger partial charge in [0.2, 0.25) is 5.78 Å². The van der Waals surface area contributed by atoms with Crippen LogP contribution in [-0.2, 0) is 4.79 Å². The third-order valence-electron chi connectivity index (χ3n) is 4.45. The molecule has 0 saturated heterocycles. The third kappa shape index (κ3) is 2.96. The van der Waals surface area contributed by atoms with Crippen LogP contribution in [0.5, 0.6) is 5.75 Å². The molecule has 9 nitrogen and oxygen atoms in total. The molecule has 0 bridgehead atoms. The maximum absolute atomic E-state index is 12.8. The standard InChI is InChI=1S/C19H15N3O6/c1-2-13-19(24)21(18-15(27-13)7-8-17(20-18)22(25)26)10-12(23)16-9-11-5-3-4-6-14(11)28-16/h3-9,13H,2,10H2,1H3. The van der Waals surface area contributed by atoms with Crippen LogP contribution in [-0.4, -0.2) is 34.2 Å². The van der Waals surface area contributed by atoms with Crippen LogP contribution in [0.25, 0.3) is 11.0 Å². The molecule has 3 heterocycles. The molecule has 1 unspecified atom stereocenters. The number of pyridine rings is 1. The first-order chi connectivity index (χ1) is 13.5. The highest BCUT2D eigenvalue weighted by Crippen LogP contribution is 2.35. The van der Waals surface area contributed by atoms with Crippen LogP contribution < -0.4 is 9.64 Å². The lowest BCUT2D eigenvalue weighted by Crippen LogP contribution is -2.48. The molecular weight excluding hydrogens is 366 g/mol. The van der Waals surface area contributed by atoms with Gasteiger partial charge in [0.1, 0.15) is 5.58 Å². The van der Waals surface area contributed by atoms with Crippen LogP contribution in [0, 0.1) is 10.1 Å². The van der Waals surface area contributed by atoms with Gasteiger partial charge < -0.3 is 19.3 Å². The Hall–Kier alpha value is -3.75. The molecule has 0 saturated carbocycles. The summed E-state index contributed by atoms with van der Waals surface area (Å²) >= 11 is 0. The number of carbonyl (C=O) groups is 2. The Morgan fingerprint density at radius 1 is 1.29 bits per heavy atom. The van der Waals surface area contributed by atoms with E-state index >= 15 is 0 Å². The summed E-state index contributed by atoms with van der Waals surface area (Å²) < 4.78 is 11.1. The number of Topliss-reactive ketones (excluding diaryl/α,β-unsaturated/α-hetero) is 1. The fourth-order valence-corrected chi connectivity index (χ4v) is 3.05. The minimum Gasteiger partial charge on any atom is -0.474 e. The molecule has 1 amide bonds. The summed E-state index contributed by atoms with van der Waals surface area (Å²) in [4.78, 5) is 40.9. The van der Waals surface area contributed by atoms with Crippen molar-refractivity contribution in [2.75, 3.05) is 11.4 Å². The van der Waals surface area contributed by atoms with E-state index in [2.05, 4.69) is 4.98 Å². The molecule has 1 atom stereocenters. The van der Waals surface area contributed by atoms with Crippen LogP contribution in [0.15, 0.2) is 46.9 Å². The molecule has 0 radical (unpaired) electrons. The molecule has 0 aliphatic carbocycles. The summed E-state index contributed by atoms with van der Waals surface area (Å²) in [6.45, 7) is 1.41. The first-order valence-corrected chi connectivity index (χ1v) is 8.63. The van der Waals surface area contributed by atoms with Gasteiger partial charge in [-0.1, -0.05) is 25.1 Å². The van der Waals surface area contributed by atoms with Crippen molar-refractivity contribution in [2.24, 2.45) is 0 Å². The van der Waals surface area contributed by atoms with Crippen molar-refractivity contribution in [1.29, 1.82) is 0 Å². The fraction of sp³-hybridized carbons (Fsp3) is 0.211. The number of ketones is 1. The predicted octanol–water partition coefficient (Wildman–Crippen LogP) is 3.12. The maximum atomic E-state index is 12.8. The van der Waals surface area contributed by atoms with Gasteiger partial charge in [-0.25, -0.2) is 0 Å². The molecule has 4 rings (SSSR count). The Morgan fingerprint density at radius 2 is 2.07 bits per heavy atom. The summed E-state index contributed by atoms with van der Waals surface area (Å²) in [6.07, 6.45) is -0.413. The number of fused-ring (bicyclic) bond motifs is 2. The number of furan rings is 1. The number of para-hydroxylation sites is 1.